The van der Waals surface area contributed by atoms with E-state index in [-0.39, 0.29) is 43.5 Å². The molecule has 11 heteroatoms. The first-order valence-corrected chi connectivity index (χ1v) is 13.2. The monoisotopic (exact) mass is 541 g/mol. The number of carbonyl (C=O) groups is 3. The summed E-state index contributed by atoms with van der Waals surface area (Å²) in [5, 5.41) is 26.1. The Balaban J connectivity index is 1.30. The number of aryl methyl sites for hydroxylation is 1. The number of anilines is 1. The van der Waals surface area contributed by atoms with Gasteiger partial charge in [0.05, 0.1) is 29.8 Å². The van der Waals surface area contributed by atoms with E-state index in [1.807, 2.05) is 7.05 Å². The number of H-pyrrole nitrogens is 1. The van der Waals surface area contributed by atoms with Crippen molar-refractivity contribution in [2.24, 2.45) is 0 Å². The molecule has 39 heavy (non-hydrogen) atoms. The third-order valence-corrected chi connectivity index (χ3v) is 7.33. The summed E-state index contributed by atoms with van der Waals surface area (Å²) in [4.78, 5) is 44.8. The molecule has 0 bridgehead atoms. The number of aliphatic hydroxyl groups excluding tert-OH is 2. The van der Waals surface area contributed by atoms with E-state index in [0.29, 0.717) is 52.4 Å². The fourth-order valence-electron chi connectivity index (χ4n) is 5.05. The number of halogens is 1. The molecule has 0 saturated carbocycles. The van der Waals surface area contributed by atoms with Crippen molar-refractivity contribution in [3.63, 3.8) is 0 Å². The van der Waals surface area contributed by atoms with Crippen molar-refractivity contribution in [1.29, 1.82) is 0 Å². The lowest BCUT2D eigenvalue weighted by Crippen LogP contribution is -2.47. The van der Waals surface area contributed by atoms with Crippen molar-refractivity contribution < 1.29 is 29.0 Å². The second kappa shape index (κ2) is 12.1. The average molecular weight is 542 g/mol. The van der Waals surface area contributed by atoms with Crippen LogP contribution < -0.4 is 10.6 Å². The van der Waals surface area contributed by atoms with E-state index in [0.717, 1.165) is 13.1 Å². The van der Waals surface area contributed by atoms with Gasteiger partial charge in [0, 0.05) is 55.4 Å². The van der Waals surface area contributed by atoms with E-state index in [2.05, 4.69) is 20.5 Å². The molecule has 210 valence electrons. The standard InChI is InChI=1S/C28H36FN5O5/c1-16-24(15-22-21-12-18(29)4-5-23(21)32-27(22)38)31-17(2)26(16)28(39)30-7-6-19(35)13-20(36)14-25(37)34-10-8-33(3)9-11-34/h4-5,12,15,19-20,31,35-36H,6-11,13-14H2,1-3H3,(H,30,39)(H,32,38)/b22-15-. The normalized spacial score (nSPS) is 18.2. The molecule has 2 aromatic rings. The van der Waals surface area contributed by atoms with E-state index < -0.39 is 18.0 Å². The van der Waals surface area contributed by atoms with Crippen LogP contribution >= 0.6 is 0 Å². The highest BCUT2D eigenvalue weighted by molar-refractivity contribution is 6.34. The smallest absolute Gasteiger partial charge is 0.256 e. The Kier molecular flexibility index (Phi) is 8.83. The number of carbonyl (C=O) groups excluding carboxylic acids is 3. The van der Waals surface area contributed by atoms with Crippen LogP contribution in [0.5, 0.6) is 0 Å². The first-order chi connectivity index (χ1) is 18.5. The Morgan fingerprint density at radius 2 is 1.87 bits per heavy atom. The molecule has 1 fully saturated rings. The van der Waals surface area contributed by atoms with Crippen molar-refractivity contribution >= 4 is 35.1 Å². The molecule has 2 aliphatic heterocycles. The van der Waals surface area contributed by atoms with Gasteiger partial charge in [-0.15, -0.1) is 0 Å². The topological polar surface area (TPSA) is 138 Å². The number of nitrogens with one attached hydrogen (secondary N) is 3. The molecule has 2 atom stereocenters. The molecule has 1 saturated heterocycles. The van der Waals surface area contributed by atoms with Gasteiger partial charge in [-0.2, -0.15) is 0 Å². The molecule has 10 nitrogen and oxygen atoms in total. The quantitative estimate of drug-likeness (QED) is 0.306. The highest BCUT2D eigenvalue weighted by Gasteiger charge is 2.26. The number of likely N-dealkylation sites (N-methyl/N-ethyl adjacent to an activating group) is 1. The van der Waals surface area contributed by atoms with Gasteiger partial charge in [0.2, 0.25) is 5.91 Å². The van der Waals surface area contributed by atoms with Crippen molar-refractivity contribution in [2.75, 3.05) is 45.1 Å². The summed E-state index contributed by atoms with van der Waals surface area (Å²) in [7, 11) is 2.00. The molecule has 3 heterocycles. The number of piperazine rings is 1. The van der Waals surface area contributed by atoms with Crippen LogP contribution in [0.3, 0.4) is 0 Å². The van der Waals surface area contributed by atoms with Gasteiger partial charge >= 0.3 is 0 Å². The van der Waals surface area contributed by atoms with Crippen LogP contribution in [0.15, 0.2) is 18.2 Å². The summed E-state index contributed by atoms with van der Waals surface area (Å²) in [5.41, 5.74) is 3.51. The van der Waals surface area contributed by atoms with Gasteiger partial charge in [-0.1, -0.05) is 0 Å². The zero-order chi connectivity index (χ0) is 28.3. The largest absolute Gasteiger partial charge is 0.393 e. The first-order valence-electron chi connectivity index (χ1n) is 13.2. The third kappa shape index (κ3) is 6.73. The molecular weight excluding hydrogens is 505 g/mol. The summed E-state index contributed by atoms with van der Waals surface area (Å²) in [6.45, 7) is 6.54. The number of aromatic nitrogens is 1. The summed E-state index contributed by atoms with van der Waals surface area (Å²) in [6, 6.07) is 4.08. The first kappa shape index (κ1) is 28.5. The molecule has 0 spiro atoms. The average Bonchev–Trinajstić information content (AvgIpc) is 3.33. The molecule has 1 aromatic heterocycles. The van der Waals surface area contributed by atoms with Crippen molar-refractivity contribution in [3.8, 4) is 0 Å². The zero-order valence-electron chi connectivity index (χ0n) is 22.5. The van der Waals surface area contributed by atoms with Gasteiger partial charge in [0.15, 0.2) is 0 Å². The number of fused-ring (bicyclic) bond motifs is 1. The molecule has 0 aliphatic carbocycles. The molecule has 1 aromatic carbocycles. The fraction of sp³-hybridized carbons (Fsp3) is 0.464. The number of hydrogen-bond acceptors (Lipinski definition) is 6. The SMILES string of the molecule is Cc1[nH]c(/C=C2\C(=O)Nc3ccc(F)cc32)c(C)c1C(=O)NCCC(O)CC(O)CC(=O)N1CCN(C)CC1. The van der Waals surface area contributed by atoms with Crippen LogP contribution in [0.2, 0.25) is 0 Å². The highest BCUT2D eigenvalue weighted by Crippen LogP contribution is 2.34. The van der Waals surface area contributed by atoms with Crippen LogP contribution in [-0.2, 0) is 9.59 Å². The minimum atomic E-state index is -0.959. The van der Waals surface area contributed by atoms with Crippen LogP contribution in [0.1, 0.15) is 52.1 Å². The number of rotatable bonds is 9. The summed E-state index contributed by atoms with van der Waals surface area (Å²) >= 11 is 0. The number of aromatic amines is 1. The Hall–Kier alpha value is -3.54. The third-order valence-electron chi connectivity index (χ3n) is 7.33. The lowest BCUT2D eigenvalue weighted by atomic mass is 10.0. The maximum absolute atomic E-state index is 13.8. The Labute approximate surface area is 226 Å². The van der Waals surface area contributed by atoms with Crippen molar-refractivity contribution in [2.45, 2.75) is 45.3 Å². The zero-order valence-corrected chi connectivity index (χ0v) is 22.5. The molecule has 5 N–H and O–H groups in total. The maximum atomic E-state index is 13.8. The van der Waals surface area contributed by atoms with Crippen molar-refractivity contribution in [1.82, 2.24) is 20.1 Å². The van der Waals surface area contributed by atoms with Crippen LogP contribution in [-0.4, -0.2) is 94.7 Å². The van der Waals surface area contributed by atoms with Gasteiger partial charge in [0.1, 0.15) is 5.82 Å². The number of nitrogens with zero attached hydrogens (tertiary/aromatic N) is 2. The molecule has 3 amide bonds. The minimum Gasteiger partial charge on any atom is -0.393 e. The highest BCUT2D eigenvalue weighted by atomic mass is 19.1. The van der Waals surface area contributed by atoms with Gasteiger partial charge in [-0.3, -0.25) is 14.4 Å². The van der Waals surface area contributed by atoms with E-state index in [1.54, 1.807) is 24.8 Å². The number of amides is 3. The van der Waals surface area contributed by atoms with Gasteiger partial charge in [0.25, 0.3) is 11.8 Å². The number of benzene rings is 1. The molecule has 2 aliphatic rings. The van der Waals surface area contributed by atoms with Gasteiger partial charge in [-0.25, -0.2) is 4.39 Å². The van der Waals surface area contributed by atoms with Crippen LogP contribution in [0.25, 0.3) is 11.6 Å². The van der Waals surface area contributed by atoms with Crippen LogP contribution in [0.4, 0.5) is 10.1 Å². The second-order valence-corrected chi connectivity index (χ2v) is 10.3. The van der Waals surface area contributed by atoms with Crippen LogP contribution in [0, 0.1) is 19.7 Å². The van der Waals surface area contributed by atoms with E-state index in [9.17, 15) is 29.0 Å². The second-order valence-electron chi connectivity index (χ2n) is 10.3. The summed E-state index contributed by atoms with van der Waals surface area (Å²) in [5.74, 6) is -1.27. The van der Waals surface area contributed by atoms with E-state index in [4.69, 9.17) is 0 Å². The Morgan fingerprint density at radius 3 is 2.59 bits per heavy atom. The van der Waals surface area contributed by atoms with E-state index >= 15 is 0 Å². The summed E-state index contributed by atoms with van der Waals surface area (Å²) < 4.78 is 13.8. The minimum absolute atomic E-state index is 0.0394. The van der Waals surface area contributed by atoms with Gasteiger partial charge in [-0.05, 0) is 63.6 Å². The summed E-state index contributed by atoms with van der Waals surface area (Å²) in [6.07, 6.45) is -0.0154. The number of hydrogen-bond donors (Lipinski definition) is 5. The lowest BCUT2D eigenvalue weighted by molar-refractivity contribution is -0.135. The maximum Gasteiger partial charge on any atom is 0.256 e. The molecule has 2 unspecified atom stereocenters. The molecular formula is C28H36FN5O5. The Morgan fingerprint density at radius 1 is 1.15 bits per heavy atom. The fourth-order valence-corrected chi connectivity index (χ4v) is 5.05. The van der Waals surface area contributed by atoms with E-state index in [1.165, 1.54) is 18.2 Å². The predicted octanol–water partition coefficient (Wildman–Crippen LogP) is 1.66. The molecule has 0 radical (unpaired) electrons. The van der Waals surface area contributed by atoms with Crippen molar-refractivity contribution in [3.05, 3.63) is 52.1 Å². The lowest BCUT2D eigenvalue weighted by Gasteiger charge is -2.33. The molecule has 4 rings (SSSR count). The Bertz CT molecular complexity index is 1280. The predicted molar refractivity (Wildman–Crippen MR) is 145 cm³/mol. The van der Waals surface area contributed by atoms with Gasteiger partial charge < -0.3 is 35.6 Å². The number of aliphatic hydroxyl groups is 2.